The Kier molecular flexibility index (Phi) is 3.88. The molecule has 2 fully saturated rings. The first-order valence-electron chi connectivity index (χ1n) is 7.35. The largest absolute Gasteiger partial charge is 0.444 e. The zero-order chi connectivity index (χ0) is 13.3. The van der Waals surface area contributed by atoms with Crippen molar-refractivity contribution in [2.75, 3.05) is 13.1 Å². The van der Waals surface area contributed by atoms with Crippen molar-refractivity contribution in [3.8, 4) is 0 Å². The van der Waals surface area contributed by atoms with Crippen LogP contribution in [0.3, 0.4) is 0 Å². The van der Waals surface area contributed by atoms with Crippen LogP contribution in [0.15, 0.2) is 0 Å². The number of rotatable bonds is 2. The van der Waals surface area contributed by atoms with Crippen LogP contribution in [0.1, 0.15) is 53.4 Å². The van der Waals surface area contributed by atoms with Crippen molar-refractivity contribution >= 4 is 6.09 Å². The maximum atomic E-state index is 11.9. The lowest BCUT2D eigenvalue weighted by Crippen LogP contribution is -2.42. The van der Waals surface area contributed by atoms with Gasteiger partial charge in [-0.15, -0.1) is 0 Å². The van der Waals surface area contributed by atoms with Gasteiger partial charge in [0.15, 0.2) is 0 Å². The first-order valence-corrected chi connectivity index (χ1v) is 7.35. The van der Waals surface area contributed by atoms with Crippen LogP contribution in [0.5, 0.6) is 0 Å². The van der Waals surface area contributed by atoms with E-state index in [0.717, 1.165) is 43.7 Å². The Morgan fingerprint density at radius 1 is 1.11 bits per heavy atom. The van der Waals surface area contributed by atoms with Gasteiger partial charge in [-0.2, -0.15) is 0 Å². The minimum absolute atomic E-state index is 0.139. The number of amides is 1. The summed E-state index contributed by atoms with van der Waals surface area (Å²) in [5, 5.41) is 0. The van der Waals surface area contributed by atoms with Gasteiger partial charge in [-0.25, -0.2) is 4.79 Å². The molecule has 1 atom stereocenters. The Morgan fingerprint density at radius 2 is 1.61 bits per heavy atom. The van der Waals surface area contributed by atoms with E-state index >= 15 is 0 Å². The third-order valence-electron chi connectivity index (χ3n) is 4.30. The molecule has 0 N–H and O–H groups in total. The Morgan fingerprint density at radius 3 is 2.06 bits per heavy atom. The summed E-state index contributed by atoms with van der Waals surface area (Å²) in [5.74, 6) is 2.64. The average molecular weight is 253 g/mol. The van der Waals surface area contributed by atoms with E-state index in [0.29, 0.717) is 0 Å². The highest BCUT2D eigenvalue weighted by atomic mass is 16.6. The summed E-state index contributed by atoms with van der Waals surface area (Å²) >= 11 is 0. The zero-order valence-corrected chi connectivity index (χ0v) is 12.2. The van der Waals surface area contributed by atoms with Crippen LogP contribution in [0.2, 0.25) is 0 Å². The summed E-state index contributed by atoms with van der Waals surface area (Å²) in [6.07, 6.45) is 5.01. The standard InChI is InChI=1S/C15H27NO2/c1-11(12-5-6-12)13-7-9-16(10-8-13)14(17)18-15(2,3)4/h11-13H,5-10H2,1-4H3. The SMILES string of the molecule is CC(C1CC1)C1CCN(C(=O)OC(C)(C)C)CC1. The summed E-state index contributed by atoms with van der Waals surface area (Å²) in [7, 11) is 0. The zero-order valence-electron chi connectivity index (χ0n) is 12.2. The Bertz CT molecular complexity index is 296. The molecule has 1 aliphatic carbocycles. The molecular formula is C15H27NO2. The summed E-state index contributed by atoms with van der Waals surface area (Å²) in [6, 6.07) is 0. The van der Waals surface area contributed by atoms with Crippen molar-refractivity contribution in [3.63, 3.8) is 0 Å². The van der Waals surface area contributed by atoms with Crippen molar-refractivity contribution in [1.82, 2.24) is 4.90 Å². The third-order valence-corrected chi connectivity index (χ3v) is 4.30. The maximum absolute atomic E-state index is 11.9. The second kappa shape index (κ2) is 5.10. The molecule has 0 aromatic rings. The number of carbonyl (C=O) groups excluding carboxylic acids is 1. The van der Waals surface area contributed by atoms with E-state index in [1.165, 1.54) is 12.8 Å². The quantitative estimate of drug-likeness (QED) is 0.751. The molecule has 0 spiro atoms. The first-order chi connectivity index (χ1) is 8.37. The summed E-state index contributed by atoms with van der Waals surface area (Å²) < 4.78 is 5.42. The molecule has 3 heteroatoms. The number of hydrogen-bond donors (Lipinski definition) is 0. The number of likely N-dealkylation sites (tertiary alicyclic amines) is 1. The van der Waals surface area contributed by atoms with Crippen molar-refractivity contribution in [3.05, 3.63) is 0 Å². The van der Waals surface area contributed by atoms with Gasteiger partial charge in [-0.3, -0.25) is 0 Å². The molecule has 0 radical (unpaired) electrons. The summed E-state index contributed by atoms with van der Waals surface area (Å²) in [5.41, 5.74) is -0.380. The maximum Gasteiger partial charge on any atom is 0.410 e. The lowest BCUT2D eigenvalue weighted by atomic mass is 9.83. The van der Waals surface area contributed by atoms with E-state index in [-0.39, 0.29) is 11.7 Å². The monoisotopic (exact) mass is 253 g/mol. The van der Waals surface area contributed by atoms with Crippen LogP contribution in [0.4, 0.5) is 4.79 Å². The van der Waals surface area contributed by atoms with Gasteiger partial charge in [-0.05, 0) is 64.2 Å². The van der Waals surface area contributed by atoms with E-state index in [1.807, 2.05) is 25.7 Å². The molecule has 1 unspecified atom stereocenters. The molecule has 1 aliphatic heterocycles. The van der Waals surface area contributed by atoms with Crippen molar-refractivity contribution in [1.29, 1.82) is 0 Å². The van der Waals surface area contributed by atoms with E-state index in [4.69, 9.17) is 4.74 Å². The highest BCUT2D eigenvalue weighted by molar-refractivity contribution is 5.68. The third kappa shape index (κ3) is 3.63. The molecule has 1 saturated carbocycles. The van der Waals surface area contributed by atoms with Gasteiger partial charge in [0, 0.05) is 13.1 Å². The number of carbonyl (C=O) groups is 1. The smallest absolute Gasteiger partial charge is 0.410 e. The minimum Gasteiger partial charge on any atom is -0.444 e. The molecule has 1 saturated heterocycles. The number of ether oxygens (including phenoxy) is 1. The topological polar surface area (TPSA) is 29.5 Å². The molecule has 3 nitrogen and oxygen atoms in total. The molecule has 0 aromatic heterocycles. The molecule has 18 heavy (non-hydrogen) atoms. The van der Waals surface area contributed by atoms with Gasteiger partial charge >= 0.3 is 6.09 Å². The predicted molar refractivity (Wildman–Crippen MR) is 72.4 cm³/mol. The molecule has 2 rings (SSSR count). The van der Waals surface area contributed by atoms with Crippen LogP contribution in [-0.4, -0.2) is 29.7 Å². The fourth-order valence-electron chi connectivity index (χ4n) is 2.94. The first kappa shape index (κ1) is 13.7. The highest BCUT2D eigenvalue weighted by Gasteiger charge is 2.36. The predicted octanol–water partition coefficient (Wildman–Crippen LogP) is 3.68. The summed E-state index contributed by atoms with van der Waals surface area (Å²) in [6.45, 7) is 9.91. The lowest BCUT2D eigenvalue weighted by Gasteiger charge is -2.35. The van der Waals surface area contributed by atoms with Gasteiger partial charge in [0.2, 0.25) is 0 Å². The second-order valence-electron chi connectivity index (χ2n) is 7.00. The van der Waals surface area contributed by atoms with Crippen LogP contribution in [0, 0.1) is 17.8 Å². The molecule has 2 aliphatic rings. The van der Waals surface area contributed by atoms with Gasteiger partial charge in [0.05, 0.1) is 0 Å². The Hall–Kier alpha value is -0.730. The van der Waals surface area contributed by atoms with Gasteiger partial charge in [-0.1, -0.05) is 6.92 Å². The summed E-state index contributed by atoms with van der Waals surface area (Å²) in [4.78, 5) is 13.8. The molecule has 1 heterocycles. The van der Waals surface area contributed by atoms with E-state index in [1.54, 1.807) is 0 Å². The van der Waals surface area contributed by atoms with Crippen LogP contribution in [0.25, 0.3) is 0 Å². The Balaban J connectivity index is 1.77. The van der Waals surface area contributed by atoms with Crippen molar-refractivity contribution in [2.24, 2.45) is 17.8 Å². The lowest BCUT2D eigenvalue weighted by molar-refractivity contribution is 0.0158. The van der Waals surface area contributed by atoms with Gasteiger partial charge in [0.25, 0.3) is 0 Å². The molecule has 1 amide bonds. The van der Waals surface area contributed by atoms with Crippen LogP contribution >= 0.6 is 0 Å². The number of nitrogens with zero attached hydrogens (tertiary/aromatic N) is 1. The molecule has 104 valence electrons. The van der Waals surface area contributed by atoms with Gasteiger partial charge < -0.3 is 9.64 Å². The van der Waals surface area contributed by atoms with Gasteiger partial charge in [0.1, 0.15) is 5.60 Å². The Labute approximate surface area is 111 Å². The van der Waals surface area contributed by atoms with E-state index < -0.39 is 0 Å². The highest BCUT2D eigenvalue weighted by Crippen LogP contribution is 2.43. The number of piperidine rings is 1. The average Bonchev–Trinajstić information content (AvgIpc) is 3.10. The normalized spacial score (nSPS) is 23.9. The molecular weight excluding hydrogens is 226 g/mol. The van der Waals surface area contributed by atoms with E-state index in [9.17, 15) is 4.79 Å². The van der Waals surface area contributed by atoms with Crippen LogP contribution < -0.4 is 0 Å². The molecule has 0 bridgehead atoms. The van der Waals surface area contributed by atoms with Crippen molar-refractivity contribution in [2.45, 2.75) is 59.0 Å². The van der Waals surface area contributed by atoms with Crippen LogP contribution in [-0.2, 0) is 4.74 Å². The minimum atomic E-state index is -0.380. The fraction of sp³-hybridized carbons (Fsp3) is 0.933. The second-order valence-corrected chi connectivity index (χ2v) is 7.00. The molecule has 0 aromatic carbocycles. The fourth-order valence-corrected chi connectivity index (χ4v) is 2.94. The number of hydrogen-bond acceptors (Lipinski definition) is 2. The van der Waals surface area contributed by atoms with Crippen molar-refractivity contribution < 1.29 is 9.53 Å². The van der Waals surface area contributed by atoms with E-state index in [2.05, 4.69) is 6.92 Å².